The molecular weight excluding hydrogens is 465 g/mol. The Bertz CT molecular complexity index is 1300. The van der Waals surface area contributed by atoms with Crippen LogP contribution in [0.3, 0.4) is 0 Å². The van der Waals surface area contributed by atoms with Crippen LogP contribution in [0.4, 0.5) is 4.39 Å². The van der Waals surface area contributed by atoms with Gasteiger partial charge in [-0.05, 0) is 54.8 Å². The lowest BCUT2D eigenvalue weighted by molar-refractivity contribution is -0.140. The molecule has 2 heterocycles. The zero-order chi connectivity index (χ0) is 25.8. The van der Waals surface area contributed by atoms with Gasteiger partial charge >= 0.3 is 0 Å². The summed E-state index contributed by atoms with van der Waals surface area (Å²) in [6.07, 6.45) is 3.32. The van der Waals surface area contributed by atoms with E-state index in [1.54, 1.807) is 37.3 Å². The molecule has 1 N–H and O–H groups in total. The van der Waals surface area contributed by atoms with Gasteiger partial charge in [-0.1, -0.05) is 31.5 Å². The Labute approximate surface area is 208 Å². The van der Waals surface area contributed by atoms with E-state index in [1.165, 1.54) is 30.4 Å². The van der Waals surface area contributed by atoms with Crippen LogP contribution in [0.15, 0.2) is 64.8 Å². The third-order valence-corrected chi connectivity index (χ3v) is 6.15. The topological polar surface area (TPSA) is 89.2 Å². The summed E-state index contributed by atoms with van der Waals surface area (Å²) in [5.74, 6) is -1.24. The van der Waals surface area contributed by atoms with Crippen molar-refractivity contribution in [2.45, 2.75) is 39.3 Å². The van der Waals surface area contributed by atoms with Gasteiger partial charge in [0, 0.05) is 5.56 Å². The predicted molar refractivity (Wildman–Crippen MR) is 131 cm³/mol. The van der Waals surface area contributed by atoms with Crippen molar-refractivity contribution in [2.24, 2.45) is 0 Å². The number of aryl methyl sites for hydroxylation is 1. The molecule has 1 aromatic heterocycles. The number of aliphatic hydroxyl groups is 1. The lowest BCUT2D eigenvalue weighted by Gasteiger charge is -2.25. The molecule has 0 aliphatic carbocycles. The number of likely N-dealkylation sites (tertiary alicyclic amines) is 1. The van der Waals surface area contributed by atoms with Crippen LogP contribution in [0, 0.1) is 12.7 Å². The molecule has 0 unspecified atom stereocenters. The number of unbranched alkanes of at least 4 members (excludes halogenated alkanes) is 1. The van der Waals surface area contributed by atoms with Crippen LogP contribution in [-0.2, 0) is 16.1 Å². The van der Waals surface area contributed by atoms with Gasteiger partial charge in [0.05, 0.1) is 38.1 Å². The fraction of sp³-hybridized carbons (Fsp3) is 0.286. The predicted octanol–water partition coefficient (Wildman–Crippen LogP) is 5.54. The van der Waals surface area contributed by atoms with Crippen molar-refractivity contribution in [2.75, 3.05) is 13.7 Å². The van der Waals surface area contributed by atoms with E-state index in [4.69, 9.17) is 13.9 Å². The average molecular weight is 494 g/mol. The second kappa shape index (κ2) is 10.7. The van der Waals surface area contributed by atoms with Gasteiger partial charge in [0.1, 0.15) is 17.3 Å². The molecule has 8 heteroatoms. The zero-order valence-corrected chi connectivity index (χ0v) is 20.4. The van der Waals surface area contributed by atoms with E-state index in [2.05, 4.69) is 6.92 Å². The quantitative estimate of drug-likeness (QED) is 0.182. The summed E-state index contributed by atoms with van der Waals surface area (Å²) in [7, 11) is 1.50. The van der Waals surface area contributed by atoms with Crippen LogP contribution in [0.1, 0.15) is 48.3 Å². The molecule has 36 heavy (non-hydrogen) atoms. The summed E-state index contributed by atoms with van der Waals surface area (Å²) in [6, 6.07) is 11.7. The number of Topliss-reactive ketones (excluding diaryl/α,β-unsaturated/α-hetero) is 1. The van der Waals surface area contributed by atoms with Gasteiger partial charge in [-0.2, -0.15) is 0 Å². The highest BCUT2D eigenvalue weighted by atomic mass is 19.1. The molecule has 1 aliphatic heterocycles. The summed E-state index contributed by atoms with van der Waals surface area (Å²) < 4.78 is 31.0. The number of rotatable bonds is 9. The van der Waals surface area contributed by atoms with E-state index in [0.717, 1.165) is 18.9 Å². The van der Waals surface area contributed by atoms with Crippen LogP contribution in [-0.4, -0.2) is 35.4 Å². The van der Waals surface area contributed by atoms with Crippen molar-refractivity contribution in [1.29, 1.82) is 0 Å². The van der Waals surface area contributed by atoms with Gasteiger partial charge < -0.3 is 23.9 Å². The van der Waals surface area contributed by atoms with E-state index < -0.39 is 29.3 Å². The maximum Gasteiger partial charge on any atom is 0.296 e. The zero-order valence-electron chi connectivity index (χ0n) is 20.4. The molecular formula is C28H28FNO6. The summed E-state index contributed by atoms with van der Waals surface area (Å²) in [6.45, 7) is 4.17. The number of methoxy groups -OCH3 is 1. The minimum Gasteiger partial charge on any atom is -0.507 e. The second-order valence-corrected chi connectivity index (χ2v) is 8.58. The number of hydrogen-bond acceptors (Lipinski definition) is 6. The monoisotopic (exact) mass is 493 g/mol. The van der Waals surface area contributed by atoms with E-state index in [1.807, 2.05) is 0 Å². The lowest BCUT2D eigenvalue weighted by atomic mass is 9.94. The maximum absolute atomic E-state index is 14.3. The number of amides is 1. The fourth-order valence-electron chi connectivity index (χ4n) is 4.16. The van der Waals surface area contributed by atoms with E-state index in [9.17, 15) is 19.1 Å². The van der Waals surface area contributed by atoms with Crippen LogP contribution in [0.25, 0.3) is 5.76 Å². The van der Waals surface area contributed by atoms with Gasteiger partial charge in [0.2, 0.25) is 0 Å². The first-order valence-electron chi connectivity index (χ1n) is 11.7. The van der Waals surface area contributed by atoms with Gasteiger partial charge in [0.15, 0.2) is 11.5 Å². The molecule has 7 nitrogen and oxygen atoms in total. The summed E-state index contributed by atoms with van der Waals surface area (Å²) in [4.78, 5) is 27.7. The minimum absolute atomic E-state index is 0.00164. The van der Waals surface area contributed by atoms with Crippen molar-refractivity contribution in [3.05, 3.63) is 88.6 Å². The molecule has 0 bridgehead atoms. The molecule has 1 aliphatic rings. The molecule has 1 saturated heterocycles. The van der Waals surface area contributed by atoms with Crippen molar-refractivity contribution >= 4 is 17.4 Å². The molecule has 2 aromatic carbocycles. The first-order chi connectivity index (χ1) is 17.3. The van der Waals surface area contributed by atoms with Crippen molar-refractivity contribution < 1.29 is 33.0 Å². The largest absolute Gasteiger partial charge is 0.507 e. The molecule has 4 rings (SSSR count). The fourth-order valence-corrected chi connectivity index (χ4v) is 4.16. The van der Waals surface area contributed by atoms with Crippen molar-refractivity contribution in [1.82, 2.24) is 4.90 Å². The smallest absolute Gasteiger partial charge is 0.296 e. The van der Waals surface area contributed by atoms with E-state index in [0.29, 0.717) is 35.0 Å². The SMILES string of the molecule is CCCCOc1ccc([C@@H]2C(=C(O)c3ccc(C)c(F)c3)C(=O)C(=O)N2Cc2ccco2)cc1OC. The number of ketones is 1. The van der Waals surface area contributed by atoms with Crippen LogP contribution < -0.4 is 9.47 Å². The normalized spacial score (nSPS) is 17.0. The molecule has 0 saturated carbocycles. The average Bonchev–Trinajstić information content (AvgIpc) is 3.48. The van der Waals surface area contributed by atoms with Crippen LogP contribution in [0.2, 0.25) is 0 Å². The Balaban J connectivity index is 1.84. The molecule has 0 spiro atoms. The summed E-state index contributed by atoms with van der Waals surface area (Å²) >= 11 is 0. The van der Waals surface area contributed by atoms with Gasteiger partial charge in [0.25, 0.3) is 11.7 Å². The summed E-state index contributed by atoms with van der Waals surface area (Å²) in [5.41, 5.74) is 0.876. The number of furan rings is 1. The van der Waals surface area contributed by atoms with E-state index >= 15 is 0 Å². The number of halogens is 1. The molecule has 0 radical (unpaired) electrons. The Morgan fingerprint density at radius 3 is 2.61 bits per heavy atom. The van der Waals surface area contributed by atoms with Gasteiger partial charge in [-0.25, -0.2) is 4.39 Å². The number of aliphatic hydroxyl groups excluding tert-OH is 1. The first-order valence-corrected chi connectivity index (χ1v) is 11.7. The molecule has 1 fully saturated rings. The minimum atomic E-state index is -0.960. The van der Waals surface area contributed by atoms with Gasteiger partial charge in [-0.15, -0.1) is 0 Å². The Hall–Kier alpha value is -4.07. The highest BCUT2D eigenvalue weighted by Crippen LogP contribution is 2.42. The lowest BCUT2D eigenvalue weighted by Crippen LogP contribution is -2.29. The Morgan fingerprint density at radius 2 is 1.94 bits per heavy atom. The van der Waals surface area contributed by atoms with Crippen molar-refractivity contribution in [3.8, 4) is 11.5 Å². The van der Waals surface area contributed by atoms with Crippen LogP contribution >= 0.6 is 0 Å². The van der Waals surface area contributed by atoms with Crippen molar-refractivity contribution in [3.63, 3.8) is 0 Å². The third kappa shape index (κ3) is 4.84. The van der Waals surface area contributed by atoms with E-state index in [-0.39, 0.29) is 17.7 Å². The van der Waals surface area contributed by atoms with Gasteiger partial charge in [-0.3, -0.25) is 9.59 Å². The number of hydrogen-bond donors (Lipinski definition) is 1. The Kier molecular flexibility index (Phi) is 7.43. The molecule has 3 aromatic rings. The third-order valence-electron chi connectivity index (χ3n) is 6.15. The number of nitrogens with zero attached hydrogens (tertiary/aromatic N) is 1. The number of benzene rings is 2. The highest BCUT2D eigenvalue weighted by molar-refractivity contribution is 6.46. The second-order valence-electron chi connectivity index (χ2n) is 8.58. The Morgan fingerprint density at radius 1 is 1.14 bits per heavy atom. The highest BCUT2D eigenvalue weighted by Gasteiger charge is 2.46. The first kappa shape index (κ1) is 25.0. The molecule has 188 valence electrons. The number of carbonyl (C=O) groups is 2. The molecule has 1 atom stereocenters. The number of carbonyl (C=O) groups excluding carboxylic acids is 2. The summed E-state index contributed by atoms with van der Waals surface area (Å²) in [5, 5.41) is 11.2. The standard InChI is InChI=1S/C28H28FNO6/c1-4-5-12-36-22-11-10-18(15-23(22)34-3)25-24(26(31)19-9-8-17(2)21(29)14-19)27(32)28(33)30(25)16-20-7-6-13-35-20/h6-11,13-15,25,31H,4-5,12,16H2,1-3H3/t25-/m1/s1. The number of ether oxygens (including phenoxy) is 2. The molecule has 1 amide bonds. The maximum atomic E-state index is 14.3. The van der Waals surface area contributed by atoms with Crippen LogP contribution in [0.5, 0.6) is 11.5 Å².